The molecule has 1 aliphatic carbocycles. The van der Waals surface area contributed by atoms with Crippen molar-refractivity contribution in [3.05, 3.63) is 39.4 Å². The average Bonchev–Trinajstić information content (AvgIpc) is 3.09. The van der Waals surface area contributed by atoms with E-state index < -0.39 is 0 Å². The van der Waals surface area contributed by atoms with Crippen LogP contribution < -0.4 is 0 Å². The number of nitro benzene ring substituents is 1. The van der Waals surface area contributed by atoms with E-state index in [-0.39, 0.29) is 10.6 Å². The van der Waals surface area contributed by atoms with Gasteiger partial charge in [-0.2, -0.15) is 0 Å². The van der Waals surface area contributed by atoms with Gasteiger partial charge < -0.3 is 4.74 Å². The van der Waals surface area contributed by atoms with Gasteiger partial charge in [-0.1, -0.05) is 12.1 Å². The van der Waals surface area contributed by atoms with Crippen LogP contribution in [0.2, 0.25) is 0 Å². The van der Waals surface area contributed by atoms with Gasteiger partial charge in [0.15, 0.2) is 0 Å². The fourth-order valence-electron chi connectivity index (χ4n) is 1.90. The topological polar surface area (TPSA) is 52.4 Å². The molecule has 0 radical (unpaired) electrons. The van der Waals surface area contributed by atoms with Crippen molar-refractivity contribution in [1.29, 1.82) is 0 Å². The fourth-order valence-corrected chi connectivity index (χ4v) is 1.90. The summed E-state index contributed by atoms with van der Waals surface area (Å²) in [6.07, 6.45) is 2.28. The summed E-state index contributed by atoms with van der Waals surface area (Å²) >= 11 is 0. The number of nitro groups is 1. The Morgan fingerprint density at radius 1 is 1.50 bits per heavy atom. The molecule has 0 spiro atoms. The van der Waals surface area contributed by atoms with Crippen LogP contribution in [0.25, 0.3) is 0 Å². The van der Waals surface area contributed by atoms with Gasteiger partial charge >= 0.3 is 0 Å². The normalized spacial score (nSPS) is 15.1. The van der Waals surface area contributed by atoms with Crippen LogP contribution >= 0.6 is 0 Å². The molecule has 86 valence electrons. The van der Waals surface area contributed by atoms with Gasteiger partial charge in [-0.15, -0.1) is 0 Å². The minimum Gasteiger partial charge on any atom is -0.377 e. The highest BCUT2D eigenvalue weighted by atomic mass is 16.6. The van der Waals surface area contributed by atoms with Crippen molar-refractivity contribution in [2.45, 2.75) is 32.3 Å². The lowest BCUT2D eigenvalue weighted by atomic mass is 10.0. The van der Waals surface area contributed by atoms with Crippen molar-refractivity contribution in [1.82, 2.24) is 0 Å². The number of benzene rings is 1. The molecule has 0 aromatic heterocycles. The molecule has 0 heterocycles. The van der Waals surface area contributed by atoms with Gasteiger partial charge in [0.25, 0.3) is 5.69 Å². The first-order valence-electron chi connectivity index (χ1n) is 5.58. The van der Waals surface area contributed by atoms with Gasteiger partial charge in [-0.25, -0.2) is 0 Å². The smallest absolute Gasteiger partial charge is 0.275 e. The van der Waals surface area contributed by atoms with Gasteiger partial charge in [-0.3, -0.25) is 10.1 Å². The molecule has 1 saturated carbocycles. The lowest BCUT2D eigenvalue weighted by Gasteiger charge is -2.09. The molecule has 0 N–H and O–H groups in total. The highest BCUT2D eigenvalue weighted by Crippen LogP contribution is 2.43. The second kappa shape index (κ2) is 4.61. The molecule has 1 aromatic carbocycles. The molecule has 4 nitrogen and oxygen atoms in total. The van der Waals surface area contributed by atoms with E-state index in [1.807, 2.05) is 13.0 Å². The van der Waals surface area contributed by atoms with E-state index >= 15 is 0 Å². The average molecular weight is 221 g/mol. The number of ether oxygens (including phenoxy) is 1. The zero-order valence-electron chi connectivity index (χ0n) is 9.31. The maximum atomic E-state index is 10.9. The highest BCUT2D eigenvalue weighted by Gasteiger charge is 2.29. The molecule has 0 bridgehead atoms. The minimum absolute atomic E-state index is 0.192. The van der Waals surface area contributed by atoms with Gasteiger partial charge in [0.1, 0.15) is 0 Å². The number of hydrogen-bond acceptors (Lipinski definition) is 3. The van der Waals surface area contributed by atoms with Gasteiger partial charge in [-0.05, 0) is 31.2 Å². The van der Waals surface area contributed by atoms with Crippen molar-refractivity contribution >= 4 is 5.69 Å². The molecule has 4 heteroatoms. The fraction of sp³-hybridized carbons (Fsp3) is 0.500. The van der Waals surface area contributed by atoms with Crippen LogP contribution in [0, 0.1) is 10.1 Å². The van der Waals surface area contributed by atoms with Gasteiger partial charge in [0, 0.05) is 12.7 Å². The summed E-state index contributed by atoms with van der Waals surface area (Å²) in [5.41, 5.74) is 2.05. The summed E-state index contributed by atoms with van der Waals surface area (Å²) < 4.78 is 5.32. The number of rotatable bonds is 5. The van der Waals surface area contributed by atoms with Crippen LogP contribution in [0.4, 0.5) is 5.69 Å². The second-order valence-corrected chi connectivity index (χ2v) is 4.01. The summed E-state index contributed by atoms with van der Waals surface area (Å²) in [6, 6.07) is 5.31. The highest BCUT2D eigenvalue weighted by molar-refractivity contribution is 5.47. The maximum Gasteiger partial charge on any atom is 0.275 e. The largest absolute Gasteiger partial charge is 0.377 e. The van der Waals surface area contributed by atoms with Crippen molar-refractivity contribution in [3.63, 3.8) is 0 Å². The van der Waals surface area contributed by atoms with Crippen molar-refractivity contribution in [3.8, 4) is 0 Å². The van der Waals surface area contributed by atoms with E-state index in [0.29, 0.717) is 19.1 Å². The van der Waals surface area contributed by atoms with E-state index in [4.69, 9.17) is 4.74 Å². The molecule has 16 heavy (non-hydrogen) atoms. The van der Waals surface area contributed by atoms with Gasteiger partial charge in [0.2, 0.25) is 0 Å². The lowest BCUT2D eigenvalue weighted by Crippen LogP contribution is -2.02. The van der Waals surface area contributed by atoms with Crippen LogP contribution in [-0.2, 0) is 11.3 Å². The van der Waals surface area contributed by atoms with Crippen LogP contribution in [0.5, 0.6) is 0 Å². The first kappa shape index (κ1) is 11.1. The summed E-state index contributed by atoms with van der Waals surface area (Å²) in [6.45, 7) is 2.82. The molecule has 1 aromatic rings. The van der Waals surface area contributed by atoms with E-state index in [1.54, 1.807) is 12.1 Å². The van der Waals surface area contributed by atoms with Crippen LogP contribution in [-0.4, -0.2) is 11.5 Å². The summed E-state index contributed by atoms with van der Waals surface area (Å²) in [5.74, 6) is 0.510. The van der Waals surface area contributed by atoms with Crippen molar-refractivity contribution < 1.29 is 9.66 Å². The molecule has 1 aliphatic rings. The zero-order chi connectivity index (χ0) is 11.5. The second-order valence-electron chi connectivity index (χ2n) is 4.01. The minimum atomic E-state index is -0.319. The molecular formula is C12H15NO3. The Morgan fingerprint density at radius 3 is 2.81 bits per heavy atom. The predicted molar refractivity (Wildman–Crippen MR) is 60.4 cm³/mol. The first-order chi connectivity index (χ1) is 7.74. The Bertz CT molecular complexity index is 399. The van der Waals surface area contributed by atoms with E-state index in [0.717, 1.165) is 24.0 Å². The van der Waals surface area contributed by atoms with Crippen molar-refractivity contribution in [2.24, 2.45) is 0 Å². The standard InChI is InChI=1S/C12H15NO3/c1-2-16-8-11-10(9-6-7-9)4-3-5-12(11)13(14)15/h3-5,9H,2,6-8H2,1H3. The third-order valence-corrected chi connectivity index (χ3v) is 2.85. The third-order valence-electron chi connectivity index (χ3n) is 2.85. The third kappa shape index (κ3) is 2.22. The quantitative estimate of drug-likeness (QED) is 0.567. The van der Waals surface area contributed by atoms with E-state index in [1.165, 1.54) is 0 Å². The monoisotopic (exact) mass is 221 g/mol. The Balaban J connectivity index is 2.35. The Hall–Kier alpha value is -1.42. The first-order valence-corrected chi connectivity index (χ1v) is 5.58. The molecule has 0 atom stereocenters. The molecule has 0 saturated heterocycles. The molecule has 0 unspecified atom stereocenters. The summed E-state index contributed by atoms with van der Waals surface area (Å²) in [5, 5.41) is 10.9. The number of nitrogens with zero attached hydrogens (tertiary/aromatic N) is 1. The van der Waals surface area contributed by atoms with Crippen LogP contribution in [0.15, 0.2) is 18.2 Å². The van der Waals surface area contributed by atoms with Crippen LogP contribution in [0.1, 0.15) is 36.8 Å². The van der Waals surface area contributed by atoms with E-state index in [9.17, 15) is 10.1 Å². The Morgan fingerprint density at radius 2 is 2.25 bits per heavy atom. The molecular weight excluding hydrogens is 206 g/mol. The molecule has 2 rings (SSSR count). The molecule has 0 amide bonds. The SMILES string of the molecule is CCOCc1c(C2CC2)cccc1[N+](=O)[O-]. The van der Waals surface area contributed by atoms with Crippen molar-refractivity contribution in [2.75, 3.05) is 6.61 Å². The zero-order valence-corrected chi connectivity index (χ0v) is 9.31. The molecule has 1 fully saturated rings. The maximum absolute atomic E-state index is 10.9. The lowest BCUT2D eigenvalue weighted by molar-refractivity contribution is -0.386. The number of hydrogen-bond donors (Lipinski definition) is 0. The summed E-state index contributed by atoms with van der Waals surface area (Å²) in [7, 11) is 0. The van der Waals surface area contributed by atoms with Gasteiger partial charge in [0.05, 0.1) is 17.1 Å². The summed E-state index contributed by atoms with van der Waals surface area (Å²) in [4.78, 5) is 10.6. The van der Waals surface area contributed by atoms with Crippen LogP contribution in [0.3, 0.4) is 0 Å². The molecule has 0 aliphatic heterocycles. The Labute approximate surface area is 94.4 Å². The van der Waals surface area contributed by atoms with E-state index in [2.05, 4.69) is 0 Å². The Kier molecular flexibility index (Phi) is 3.19. The predicted octanol–water partition coefficient (Wildman–Crippen LogP) is 3.01.